The Bertz CT molecular complexity index is 489. The van der Waals surface area contributed by atoms with Crippen LogP contribution in [0.1, 0.15) is 69.5 Å². The Kier molecular flexibility index (Phi) is 10.1. The van der Waals surface area contributed by atoms with E-state index >= 15 is 0 Å². The topological polar surface area (TPSA) is 57.5 Å². The van der Waals surface area contributed by atoms with E-state index in [2.05, 4.69) is 0 Å². The summed E-state index contributed by atoms with van der Waals surface area (Å²) in [5.41, 5.74) is 0.906. The molecule has 1 rings (SSSR count). The zero-order valence-corrected chi connectivity index (χ0v) is 16.0. The molecule has 3 nitrogen and oxygen atoms in total. The van der Waals surface area contributed by atoms with Crippen LogP contribution in [0.2, 0.25) is 5.02 Å². The number of carboxylic acid groups (broad SMARTS) is 1. The number of rotatable bonds is 12. The van der Waals surface area contributed by atoms with Crippen molar-refractivity contribution in [1.82, 2.24) is 0 Å². The Labute approximate surface area is 158 Å². The Balaban J connectivity index is 2.01. The second kappa shape index (κ2) is 11.2. The fraction of sp³-hybridized carbons (Fsp3) is 0.611. The molecule has 2 N–H and O–H groups in total. The Morgan fingerprint density at radius 3 is 2.00 bits per heavy atom. The largest absolute Gasteiger partial charge is 0.479 e. The van der Waals surface area contributed by atoms with Gasteiger partial charge in [0.25, 0.3) is 0 Å². The number of aliphatic hydroxyl groups is 1. The lowest BCUT2D eigenvalue weighted by Gasteiger charge is -2.13. The molecule has 136 valence electrons. The molecule has 0 aromatic heterocycles. The number of aliphatic hydroxyl groups excluding tert-OH is 1. The van der Waals surface area contributed by atoms with Gasteiger partial charge in [0.2, 0.25) is 4.33 Å². The van der Waals surface area contributed by atoms with Gasteiger partial charge in [-0.2, -0.15) is 0 Å². The van der Waals surface area contributed by atoms with Crippen molar-refractivity contribution in [3.8, 4) is 0 Å². The molecule has 0 aliphatic rings. The molecule has 0 saturated heterocycles. The number of alkyl halides is 2. The smallest absolute Gasteiger partial charge is 0.340 e. The number of benzene rings is 1. The number of carboxylic acids is 1. The van der Waals surface area contributed by atoms with E-state index in [1.54, 1.807) is 12.1 Å². The van der Waals surface area contributed by atoms with E-state index in [1.807, 2.05) is 12.1 Å². The molecule has 0 aliphatic heterocycles. The third-order valence-corrected chi connectivity index (χ3v) is 4.99. The first-order chi connectivity index (χ1) is 11.3. The normalized spacial score (nSPS) is 13.0. The maximum absolute atomic E-state index is 10.7. The van der Waals surface area contributed by atoms with Crippen LogP contribution in [0.15, 0.2) is 24.3 Å². The SMILES string of the molecule is O=C(O)C(Cl)(Cl)CCCCCCCCCC(O)c1ccc(Cl)cc1. The molecule has 0 aliphatic carbocycles. The van der Waals surface area contributed by atoms with Gasteiger partial charge in [-0.25, -0.2) is 4.79 Å². The van der Waals surface area contributed by atoms with Gasteiger partial charge in [-0.05, 0) is 37.0 Å². The molecule has 0 spiro atoms. The van der Waals surface area contributed by atoms with Crippen molar-refractivity contribution < 1.29 is 15.0 Å². The summed E-state index contributed by atoms with van der Waals surface area (Å²) in [7, 11) is 0. The van der Waals surface area contributed by atoms with E-state index in [9.17, 15) is 9.90 Å². The predicted molar refractivity (Wildman–Crippen MR) is 100 cm³/mol. The van der Waals surface area contributed by atoms with Crippen molar-refractivity contribution >= 4 is 40.8 Å². The third kappa shape index (κ3) is 8.57. The van der Waals surface area contributed by atoms with Gasteiger partial charge in [-0.1, -0.05) is 85.5 Å². The van der Waals surface area contributed by atoms with Gasteiger partial charge in [0.1, 0.15) is 0 Å². The number of hydrogen-bond acceptors (Lipinski definition) is 2. The number of aliphatic carboxylic acids is 1. The lowest BCUT2D eigenvalue weighted by atomic mass is 10.0. The van der Waals surface area contributed by atoms with Gasteiger partial charge in [0.05, 0.1) is 6.10 Å². The van der Waals surface area contributed by atoms with Crippen molar-refractivity contribution in [2.75, 3.05) is 0 Å². The third-order valence-electron chi connectivity index (χ3n) is 4.04. The van der Waals surface area contributed by atoms with Gasteiger partial charge in [-0.15, -0.1) is 0 Å². The van der Waals surface area contributed by atoms with E-state index in [0.29, 0.717) is 11.4 Å². The monoisotopic (exact) mass is 394 g/mol. The van der Waals surface area contributed by atoms with Gasteiger partial charge in [0.15, 0.2) is 0 Å². The summed E-state index contributed by atoms with van der Waals surface area (Å²) in [5, 5.41) is 19.6. The molecule has 1 atom stereocenters. The average Bonchev–Trinajstić information content (AvgIpc) is 2.53. The van der Waals surface area contributed by atoms with Crippen LogP contribution in [-0.4, -0.2) is 20.5 Å². The zero-order valence-electron chi connectivity index (χ0n) is 13.7. The number of hydrogen-bond donors (Lipinski definition) is 2. The van der Waals surface area contributed by atoms with Crippen LogP contribution in [-0.2, 0) is 4.79 Å². The van der Waals surface area contributed by atoms with Crippen LogP contribution in [0.25, 0.3) is 0 Å². The van der Waals surface area contributed by atoms with Gasteiger partial charge in [0, 0.05) is 5.02 Å². The van der Waals surface area contributed by atoms with Crippen molar-refractivity contribution in [1.29, 1.82) is 0 Å². The summed E-state index contributed by atoms with van der Waals surface area (Å²) < 4.78 is -1.65. The average molecular weight is 396 g/mol. The van der Waals surface area contributed by atoms with E-state index in [-0.39, 0.29) is 6.42 Å². The maximum atomic E-state index is 10.7. The van der Waals surface area contributed by atoms with E-state index in [1.165, 1.54) is 0 Å². The van der Waals surface area contributed by atoms with Crippen molar-refractivity contribution in [2.24, 2.45) is 0 Å². The van der Waals surface area contributed by atoms with Crippen molar-refractivity contribution in [3.05, 3.63) is 34.9 Å². The molecule has 0 bridgehead atoms. The van der Waals surface area contributed by atoms with Crippen molar-refractivity contribution in [2.45, 2.75) is 68.2 Å². The number of unbranched alkanes of at least 4 members (excludes halogenated alkanes) is 6. The zero-order chi connectivity index (χ0) is 18.0. The lowest BCUT2D eigenvalue weighted by molar-refractivity contribution is -0.138. The second-order valence-corrected chi connectivity index (χ2v) is 8.01. The first-order valence-electron chi connectivity index (χ1n) is 8.37. The van der Waals surface area contributed by atoms with Crippen LogP contribution in [0.3, 0.4) is 0 Å². The molecule has 0 radical (unpaired) electrons. The summed E-state index contributed by atoms with van der Waals surface area (Å²) in [4.78, 5) is 10.7. The summed E-state index contributed by atoms with van der Waals surface area (Å²) in [6, 6.07) is 7.30. The van der Waals surface area contributed by atoms with Gasteiger partial charge < -0.3 is 10.2 Å². The standard InChI is InChI=1S/C18H25Cl3O3/c19-15-11-9-14(10-12-15)16(22)8-6-4-2-1-3-5-7-13-18(20,21)17(23)24/h9-12,16,22H,1-8,13H2,(H,23,24). The summed E-state index contributed by atoms with van der Waals surface area (Å²) >= 11 is 17.2. The van der Waals surface area contributed by atoms with E-state index in [4.69, 9.17) is 39.9 Å². The van der Waals surface area contributed by atoms with E-state index in [0.717, 1.165) is 50.5 Å². The Morgan fingerprint density at radius 1 is 0.958 bits per heavy atom. The van der Waals surface area contributed by atoms with E-state index < -0.39 is 16.4 Å². The van der Waals surface area contributed by atoms with Gasteiger partial charge in [-0.3, -0.25) is 0 Å². The summed E-state index contributed by atoms with van der Waals surface area (Å²) in [5.74, 6) is -1.18. The number of halogens is 3. The highest BCUT2D eigenvalue weighted by atomic mass is 35.5. The molecule has 1 aromatic rings. The highest BCUT2D eigenvalue weighted by Crippen LogP contribution is 2.28. The quantitative estimate of drug-likeness (QED) is 0.330. The lowest BCUT2D eigenvalue weighted by Crippen LogP contribution is -2.25. The first kappa shape index (κ1) is 21.6. The van der Waals surface area contributed by atoms with Crippen LogP contribution in [0.5, 0.6) is 0 Å². The maximum Gasteiger partial charge on any atom is 0.340 e. The van der Waals surface area contributed by atoms with Gasteiger partial charge >= 0.3 is 5.97 Å². The van der Waals surface area contributed by atoms with Crippen LogP contribution >= 0.6 is 34.8 Å². The molecule has 1 unspecified atom stereocenters. The van der Waals surface area contributed by atoms with Crippen LogP contribution in [0, 0.1) is 0 Å². The molecular formula is C18H25Cl3O3. The Morgan fingerprint density at radius 2 is 1.46 bits per heavy atom. The summed E-state index contributed by atoms with van der Waals surface area (Å²) in [6.07, 6.45) is 7.56. The highest BCUT2D eigenvalue weighted by molar-refractivity contribution is 6.57. The minimum absolute atomic E-state index is 0.277. The second-order valence-electron chi connectivity index (χ2n) is 6.09. The molecule has 1 aromatic carbocycles. The molecule has 0 saturated carbocycles. The van der Waals surface area contributed by atoms with Crippen molar-refractivity contribution in [3.63, 3.8) is 0 Å². The molecule has 0 fully saturated rings. The first-order valence-corrected chi connectivity index (χ1v) is 9.51. The fourth-order valence-corrected chi connectivity index (χ4v) is 2.92. The molecular weight excluding hydrogens is 371 g/mol. The summed E-state index contributed by atoms with van der Waals surface area (Å²) in [6.45, 7) is 0. The molecule has 24 heavy (non-hydrogen) atoms. The predicted octanol–water partition coefficient (Wildman–Crippen LogP) is 6.14. The molecule has 6 heteroatoms. The van der Waals surface area contributed by atoms with Crippen LogP contribution < -0.4 is 0 Å². The minimum atomic E-state index is -1.65. The number of carbonyl (C=O) groups is 1. The highest BCUT2D eigenvalue weighted by Gasteiger charge is 2.32. The minimum Gasteiger partial charge on any atom is -0.479 e. The Hall–Kier alpha value is -0.480. The molecule has 0 heterocycles. The fourth-order valence-electron chi connectivity index (χ4n) is 2.53. The molecule has 0 amide bonds. The van der Waals surface area contributed by atoms with Crippen LogP contribution in [0.4, 0.5) is 0 Å².